The van der Waals surface area contributed by atoms with Crippen molar-refractivity contribution in [3.63, 3.8) is 0 Å². The van der Waals surface area contributed by atoms with Gasteiger partial charge in [0.25, 0.3) is 0 Å². The third kappa shape index (κ3) is 5.57. The average Bonchev–Trinajstić information content (AvgIpc) is 2.64. The van der Waals surface area contributed by atoms with Crippen molar-refractivity contribution in [2.45, 2.75) is 25.8 Å². The lowest BCUT2D eigenvalue weighted by Gasteiger charge is -2.12. The minimum absolute atomic E-state index is 0.114. The molecule has 1 unspecified atom stereocenters. The van der Waals surface area contributed by atoms with Crippen molar-refractivity contribution < 1.29 is 8.42 Å². The Kier molecular flexibility index (Phi) is 6.23. The first-order valence-corrected chi connectivity index (χ1v) is 8.64. The van der Waals surface area contributed by atoms with Crippen LogP contribution in [0.25, 0.3) is 0 Å². The van der Waals surface area contributed by atoms with Gasteiger partial charge in [0, 0.05) is 10.8 Å². The van der Waals surface area contributed by atoms with Crippen molar-refractivity contribution >= 4 is 44.6 Å². The van der Waals surface area contributed by atoms with E-state index in [1.807, 2.05) is 6.07 Å². The van der Waals surface area contributed by atoms with Crippen LogP contribution in [0.2, 0.25) is 4.34 Å². The molecule has 17 heavy (non-hydrogen) atoms. The lowest BCUT2D eigenvalue weighted by Crippen LogP contribution is -2.28. The van der Waals surface area contributed by atoms with Crippen molar-refractivity contribution in [1.29, 1.82) is 0 Å². The maximum absolute atomic E-state index is 11.7. The molecule has 0 amide bonds. The number of nitrogens with one attached hydrogen (secondary N) is 1. The summed E-state index contributed by atoms with van der Waals surface area (Å²) >= 11 is 12.7. The molecular weight excluding hydrogens is 301 g/mol. The zero-order valence-corrected chi connectivity index (χ0v) is 12.6. The lowest BCUT2D eigenvalue weighted by molar-refractivity contribution is 0.565. The Balaban J connectivity index is 2.52. The van der Waals surface area contributed by atoms with Gasteiger partial charge in [0.05, 0.1) is 16.1 Å². The summed E-state index contributed by atoms with van der Waals surface area (Å²) in [7, 11) is -3.24. The monoisotopic (exact) mass is 315 g/mol. The third-order valence-corrected chi connectivity index (χ3v) is 5.39. The molecule has 1 heterocycles. The van der Waals surface area contributed by atoms with Crippen LogP contribution in [0.5, 0.6) is 0 Å². The van der Waals surface area contributed by atoms with Crippen LogP contribution in [0.3, 0.4) is 0 Å². The van der Waals surface area contributed by atoms with Gasteiger partial charge in [0.15, 0.2) is 0 Å². The van der Waals surface area contributed by atoms with Crippen molar-refractivity contribution in [3.05, 3.63) is 21.3 Å². The molecule has 1 aromatic rings. The minimum Gasteiger partial charge on any atom is -0.212 e. The molecule has 7 heteroatoms. The van der Waals surface area contributed by atoms with Crippen LogP contribution >= 0.6 is 34.5 Å². The molecule has 0 saturated carbocycles. The van der Waals surface area contributed by atoms with Crippen LogP contribution in [0.15, 0.2) is 12.1 Å². The molecule has 1 N–H and O–H groups in total. The molecule has 1 aromatic heterocycles. The molecule has 0 radical (unpaired) electrons. The Labute approximate surface area is 116 Å². The number of halogens is 2. The molecule has 0 saturated heterocycles. The predicted molar refractivity (Wildman–Crippen MR) is 74.6 cm³/mol. The second-order valence-electron chi connectivity index (χ2n) is 3.70. The zero-order chi connectivity index (χ0) is 12.9. The van der Waals surface area contributed by atoms with Gasteiger partial charge in [-0.25, -0.2) is 13.1 Å². The maximum Gasteiger partial charge on any atom is 0.212 e. The Morgan fingerprint density at radius 3 is 2.65 bits per heavy atom. The highest BCUT2D eigenvalue weighted by Gasteiger charge is 2.16. The fourth-order valence-corrected chi connectivity index (χ4v) is 4.03. The average molecular weight is 316 g/mol. The maximum atomic E-state index is 11.7. The Bertz CT molecular complexity index is 445. The molecule has 0 aromatic carbocycles. The molecule has 3 nitrogen and oxygen atoms in total. The highest BCUT2D eigenvalue weighted by atomic mass is 35.5. The van der Waals surface area contributed by atoms with E-state index < -0.39 is 10.0 Å². The number of rotatable bonds is 7. The van der Waals surface area contributed by atoms with Crippen LogP contribution < -0.4 is 4.72 Å². The molecule has 0 aliphatic carbocycles. The van der Waals surface area contributed by atoms with Gasteiger partial charge in [-0.1, -0.05) is 11.6 Å². The molecule has 1 rings (SSSR count). The molecule has 0 aliphatic heterocycles. The van der Waals surface area contributed by atoms with E-state index in [0.717, 1.165) is 4.88 Å². The van der Waals surface area contributed by atoms with E-state index in [0.29, 0.717) is 23.1 Å². The van der Waals surface area contributed by atoms with Gasteiger partial charge in [-0.2, -0.15) is 0 Å². The third-order valence-electron chi connectivity index (χ3n) is 2.17. The van der Waals surface area contributed by atoms with E-state index >= 15 is 0 Å². The number of hydrogen-bond donors (Lipinski definition) is 1. The van der Waals surface area contributed by atoms with Crippen molar-refractivity contribution in [2.24, 2.45) is 0 Å². The van der Waals surface area contributed by atoms with Gasteiger partial charge >= 0.3 is 0 Å². The molecule has 0 aliphatic rings. The summed E-state index contributed by atoms with van der Waals surface area (Å²) in [6.45, 7) is 1.81. The number of thiophene rings is 1. The first kappa shape index (κ1) is 15.2. The highest BCUT2D eigenvalue weighted by Crippen LogP contribution is 2.27. The Morgan fingerprint density at radius 2 is 2.12 bits per heavy atom. The van der Waals surface area contributed by atoms with Crippen LogP contribution in [0.1, 0.15) is 30.7 Å². The van der Waals surface area contributed by atoms with Gasteiger partial charge in [0.1, 0.15) is 0 Å². The highest BCUT2D eigenvalue weighted by molar-refractivity contribution is 7.89. The fourth-order valence-electron chi connectivity index (χ4n) is 1.33. The van der Waals surface area contributed by atoms with Crippen molar-refractivity contribution in [3.8, 4) is 0 Å². The van der Waals surface area contributed by atoms with Gasteiger partial charge in [-0.3, -0.25) is 0 Å². The lowest BCUT2D eigenvalue weighted by atomic mass is 10.3. The molecule has 0 bridgehead atoms. The summed E-state index contributed by atoms with van der Waals surface area (Å²) in [6.07, 6.45) is 1.29. The first-order valence-electron chi connectivity index (χ1n) is 5.26. The number of sulfonamides is 1. The zero-order valence-electron chi connectivity index (χ0n) is 9.45. The van der Waals surface area contributed by atoms with E-state index in [9.17, 15) is 8.42 Å². The van der Waals surface area contributed by atoms with E-state index in [2.05, 4.69) is 4.72 Å². The van der Waals surface area contributed by atoms with E-state index in [1.165, 1.54) is 11.3 Å². The fraction of sp³-hybridized carbons (Fsp3) is 0.600. The van der Waals surface area contributed by atoms with Gasteiger partial charge in [-0.05, 0) is 31.9 Å². The molecular formula is C10H15Cl2NO2S2. The van der Waals surface area contributed by atoms with Gasteiger partial charge in [0.2, 0.25) is 10.0 Å². The molecule has 1 atom stereocenters. The second-order valence-corrected chi connectivity index (χ2v) is 7.69. The predicted octanol–water partition coefficient (Wildman–Crippen LogP) is 3.40. The van der Waals surface area contributed by atoms with Crippen LogP contribution in [-0.2, 0) is 10.0 Å². The smallest absolute Gasteiger partial charge is 0.212 e. The van der Waals surface area contributed by atoms with Gasteiger partial charge < -0.3 is 0 Å². The normalized spacial score (nSPS) is 13.8. The summed E-state index contributed by atoms with van der Waals surface area (Å²) in [5.41, 5.74) is 0. The van der Waals surface area contributed by atoms with E-state index in [-0.39, 0.29) is 11.8 Å². The SMILES string of the molecule is CC(NS(=O)(=O)CCCCCl)c1ccc(Cl)s1. The number of hydrogen-bond acceptors (Lipinski definition) is 3. The molecule has 0 spiro atoms. The Morgan fingerprint density at radius 1 is 1.41 bits per heavy atom. The van der Waals surface area contributed by atoms with E-state index in [4.69, 9.17) is 23.2 Å². The number of alkyl halides is 1. The Hall–Kier alpha value is 0.190. The summed E-state index contributed by atoms with van der Waals surface area (Å²) in [4.78, 5) is 0.913. The summed E-state index contributed by atoms with van der Waals surface area (Å²) in [6, 6.07) is 3.35. The summed E-state index contributed by atoms with van der Waals surface area (Å²) < 4.78 is 26.7. The summed E-state index contributed by atoms with van der Waals surface area (Å²) in [5.74, 6) is 0.606. The quantitative estimate of drug-likeness (QED) is 0.619. The largest absolute Gasteiger partial charge is 0.212 e. The standard InChI is InChI=1S/C10H15Cl2NO2S2/c1-8(9-4-5-10(12)16-9)13-17(14,15)7-3-2-6-11/h4-5,8,13H,2-3,6-7H2,1H3. The van der Waals surface area contributed by atoms with Crippen molar-refractivity contribution in [1.82, 2.24) is 4.72 Å². The number of unbranched alkanes of at least 4 members (excludes halogenated alkanes) is 1. The minimum atomic E-state index is -3.24. The van der Waals surface area contributed by atoms with E-state index in [1.54, 1.807) is 13.0 Å². The van der Waals surface area contributed by atoms with Crippen LogP contribution in [0, 0.1) is 0 Å². The van der Waals surface area contributed by atoms with Crippen molar-refractivity contribution in [2.75, 3.05) is 11.6 Å². The summed E-state index contributed by atoms with van der Waals surface area (Å²) in [5, 5.41) is 0. The second kappa shape index (κ2) is 6.95. The van der Waals surface area contributed by atoms with Crippen LogP contribution in [-0.4, -0.2) is 20.1 Å². The molecule has 98 valence electrons. The molecule has 0 fully saturated rings. The van der Waals surface area contributed by atoms with Gasteiger partial charge in [-0.15, -0.1) is 22.9 Å². The topological polar surface area (TPSA) is 46.2 Å². The van der Waals surface area contributed by atoms with Crippen LogP contribution in [0.4, 0.5) is 0 Å². The first-order chi connectivity index (χ1) is 7.94.